The minimum atomic E-state index is -0.345. The number of methoxy groups -OCH3 is 1. The van der Waals surface area contributed by atoms with Crippen LogP contribution in [0.25, 0.3) is 6.08 Å². The summed E-state index contributed by atoms with van der Waals surface area (Å²) >= 11 is 1.54. The first-order valence-corrected chi connectivity index (χ1v) is 10.1. The van der Waals surface area contributed by atoms with Gasteiger partial charge in [0.1, 0.15) is 5.82 Å². The van der Waals surface area contributed by atoms with E-state index in [0.717, 1.165) is 16.0 Å². The van der Waals surface area contributed by atoms with E-state index in [0.29, 0.717) is 18.1 Å². The Labute approximate surface area is 173 Å². The van der Waals surface area contributed by atoms with Crippen LogP contribution in [0.4, 0.5) is 4.39 Å². The second-order valence-electron chi connectivity index (χ2n) is 6.19. The van der Waals surface area contributed by atoms with Crippen molar-refractivity contribution in [3.63, 3.8) is 0 Å². The quantitative estimate of drug-likeness (QED) is 0.518. The van der Waals surface area contributed by atoms with Gasteiger partial charge in [0, 0.05) is 11.0 Å². The molecule has 0 spiro atoms. The van der Waals surface area contributed by atoms with Crippen LogP contribution < -0.4 is 14.8 Å². The van der Waals surface area contributed by atoms with Crippen molar-refractivity contribution in [3.8, 4) is 11.5 Å². The number of amides is 1. The molecule has 3 aromatic rings. The maximum atomic E-state index is 13.3. The summed E-state index contributed by atoms with van der Waals surface area (Å²) in [6.07, 6.45) is 3.19. The van der Waals surface area contributed by atoms with Crippen LogP contribution in [0.2, 0.25) is 0 Å². The molecule has 0 bridgehead atoms. The SMILES string of the molecule is CCOc1cc(/C=C/C(=O)NC(c2ccc(F)cc2)c2cccs2)ccc1OC. The van der Waals surface area contributed by atoms with Crippen molar-refractivity contribution < 1.29 is 18.7 Å². The molecule has 4 nitrogen and oxygen atoms in total. The zero-order valence-corrected chi connectivity index (χ0v) is 17.0. The summed E-state index contributed by atoms with van der Waals surface area (Å²) in [7, 11) is 1.58. The minimum Gasteiger partial charge on any atom is -0.493 e. The molecule has 0 radical (unpaired) electrons. The van der Waals surface area contributed by atoms with E-state index in [1.807, 2.05) is 36.6 Å². The maximum Gasteiger partial charge on any atom is 0.244 e. The van der Waals surface area contributed by atoms with Crippen LogP contribution >= 0.6 is 11.3 Å². The van der Waals surface area contributed by atoms with Crippen molar-refractivity contribution in [1.82, 2.24) is 5.32 Å². The number of carbonyl (C=O) groups is 1. The number of thiophene rings is 1. The Bertz CT molecular complexity index is 968. The van der Waals surface area contributed by atoms with Crippen molar-refractivity contribution in [2.75, 3.05) is 13.7 Å². The highest BCUT2D eigenvalue weighted by Crippen LogP contribution is 2.29. The number of hydrogen-bond donors (Lipinski definition) is 1. The molecular weight excluding hydrogens is 389 g/mol. The monoisotopic (exact) mass is 411 g/mol. The molecule has 0 aliphatic carbocycles. The first-order chi connectivity index (χ1) is 14.1. The summed E-state index contributed by atoms with van der Waals surface area (Å²) in [5.74, 6) is 0.707. The van der Waals surface area contributed by atoms with Crippen LogP contribution in [0.5, 0.6) is 11.5 Å². The van der Waals surface area contributed by atoms with E-state index < -0.39 is 0 Å². The highest BCUT2D eigenvalue weighted by molar-refractivity contribution is 7.10. The average molecular weight is 411 g/mol. The predicted molar refractivity (Wildman–Crippen MR) is 114 cm³/mol. The third-order valence-corrected chi connectivity index (χ3v) is 5.17. The van der Waals surface area contributed by atoms with Crippen LogP contribution in [-0.2, 0) is 4.79 Å². The molecule has 0 saturated carbocycles. The molecule has 29 heavy (non-hydrogen) atoms. The molecule has 6 heteroatoms. The Balaban J connectivity index is 1.76. The van der Waals surface area contributed by atoms with Gasteiger partial charge in [-0.1, -0.05) is 24.3 Å². The van der Waals surface area contributed by atoms with E-state index in [2.05, 4.69) is 5.32 Å². The van der Waals surface area contributed by atoms with Gasteiger partial charge in [-0.15, -0.1) is 11.3 Å². The summed E-state index contributed by atoms with van der Waals surface area (Å²) in [5, 5.41) is 4.94. The van der Waals surface area contributed by atoms with Crippen molar-refractivity contribution in [2.45, 2.75) is 13.0 Å². The molecule has 2 aromatic carbocycles. The Morgan fingerprint density at radius 3 is 2.62 bits per heavy atom. The highest BCUT2D eigenvalue weighted by Gasteiger charge is 2.17. The number of benzene rings is 2. The molecule has 0 aliphatic rings. The Kier molecular flexibility index (Phi) is 7.03. The smallest absolute Gasteiger partial charge is 0.244 e. The van der Waals surface area contributed by atoms with Crippen LogP contribution in [-0.4, -0.2) is 19.6 Å². The van der Waals surface area contributed by atoms with E-state index in [4.69, 9.17) is 9.47 Å². The van der Waals surface area contributed by atoms with E-state index in [9.17, 15) is 9.18 Å². The lowest BCUT2D eigenvalue weighted by molar-refractivity contribution is -0.116. The molecular formula is C23H22FNO3S. The second kappa shape index (κ2) is 9.89. The fourth-order valence-electron chi connectivity index (χ4n) is 2.86. The van der Waals surface area contributed by atoms with E-state index >= 15 is 0 Å². The van der Waals surface area contributed by atoms with Crippen molar-refractivity contribution in [3.05, 3.63) is 87.9 Å². The number of ether oxygens (including phenoxy) is 2. The molecule has 150 valence electrons. The summed E-state index contributed by atoms with van der Waals surface area (Å²) in [5.41, 5.74) is 1.64. The third-order valence-electron chi connectivity index (χ3n) is 4.23. The molecule has 1 heterocycles. The third kappa shape index (κ3) is 5.45. The lowest BCUT2D eigenvalue weighted by atomic mass is 10.1. The first kappa shape index (κ1) is 20.6. The van der Waals surface area contributed by atoms with Gasteiger partial charge >= 0.3 is 0 Å². The molecule has 1 amide bonds. The largest absolute Gasteiger partial charge is 0.493 e. The van der Waals surface area contributed by atoms with Crippen LogP contribution in [0.15, 0.2) is 66.1 Å². The Morgan fingerprint density at radius 2 is 1.97 bits per heavy atom. The van der Waals surface area contributed by atoms with Crippen molar-refractivity contribution in [1.29, 1.82) is 0 Å². The summed E-state index contributed by atoms with van der Waals surface area (Å²) in [6, 6.07) is 15.1. The van der Waals surface area contributed by atoms with Crippen molar-refractivity contribution in [2.24, 2.45) is 0 Å². The van der Waals surface area contributed by atoms with E-state index in [1.54, 1.807) is 31.4 Å². The topological polar surface area (TPSA) is 47.6 Å². The molecule has 1 N–H and O–H groups in total. The fourth-order valence-corrected chi connectivity index (χ4v) is 3.66. The number of rotatable bonds is 8. The Hall–Kier alpha value is -3.12. The summed E-state index contributed by atoms with van der Waals surface area (Å²) < 4.78 is 24.1. The predicted octanol–water partition coefficient (Wildman–Crippen LogP) is 5.21. The van der Waals surface area contributed by atoms with Gasteiger partial charge in [-0.3, -0.25) is 4.79 Å². The summed E-state index contributed by atoms with van der Waals surface area (Å²) in [6.45, 7) is 2.42. The van der Waals surface area contributed by atoms with Gasteiger partial charge in [-0.05, 0) is 59.8 Å². The van der Waals surface area contributed by atoms with E-state index in [-0.39, 0.29) is 17.8 Å². The molecule has 0 aliphatic heterocycles. The van der Waals surface area contributed by atoms with E-state index in [1.165, 1.54) is 29.5 Å². The lowest BCUT2D eigenvalue weighted by Crippen LogP contribution is -2.27. The van der Waals surface area contributed by atoms with Gasteiger partial charge in [0.15, 0.2) is 11.5 Å². The Morgan fingerprint density at radius 1 is 1.17 bits per heavy atom. The summed E-state index contributed by atoms with van der Waals surface area (Å²) in [4.78, 5) is 13.5. The molecule has 1 atom stereocenters. The molecule has 1 unspecified atom stereocenters. The first-order valence-electron chi connectivity index (χ1n) is 9.19. The average Bonchev–Trinajstić information content (AvgIpc) is 3.26. The number of hydrogen-bond acceptors (Lipinski definition) is 4. The molecule has 1 aromatic heterocycles. The molecule has 0 saturated heterocycles. The van der Waals surface area contributed by atoms with Crippen LogP contribution in [0.1, 0.15) is 29.0 Å². The zero-order chi connectivity index (χ0) is 20.6. The number of halogens is 1. The van der Waals surface area contributed by atoms with Crippen LogP contribution in [0.3, 0.4) is 0 Å². The minimum absolute atomic E-state index is 0.249. The molecule has 0 fully saturated rings. The van der Waals surface area contributed by atoms with Crippen LogP contribution in [0, 0.1) is 5.82 Å². The standard InChI is InChI=1S/C23H22FNO3S/c1-3-28-20-15-16(6-12-19(20)27-2)7-13-22(26)25-23(21-5-4-14-29-21)17-8-10-18(24)11-9-17/h4-15,23H,3H2,1-2H3,(H,25,26)/b13-7+. The number of carbonyl (C=O) groups excluding carboxylic acids is 1. The van der Waals surface area contributed by atoms with Gasteiger partial charge in [-0.25, -0.2) is 4.39 Å². The van der Waals surface area contributed by atoms with Gasteiger partial charge < -0.3 is 14.8 Å². The zero-order valence-electron chi connectivity index (χ0n) is 16.2. The maximum absolute atomic E-state index is 13.3. The number of nitrogens with one attached hydrogen (secondary N) is 1. The molecule has 3 rings (SSSR count). The van der Waals surface area contributed by atoms with Gasteiger partial charge in [0.05, 0.1) is 19.8 Å². The second-order valence-corrected chi connectivity index (χ2v) is 7.16. The highest BCUT2D eigenvalue weighted by atomic mass is 32.1. The van der Waals surface area contributed by atoms with Gasteiger partial charge in [-0.2, -0.15) is 0 Å². The lowest BCUT2D eigenvalue weighted by Gasteiger charge is -2.17. The van der Waals surface area contributed by atoms with Gasteiger partial charge in [0.2, 0.25) is 5.91 Å². The van der Waals surface area contributed by atoms with Crippen molar-refractivity contribution >= 4 is 23.3 Å². The fraction of sp³-hybridized carbons (Fsp3) is 0.174. The van der Waals surface area contributed by atoms with Gasteiger partial charge in [0.25, 0.3) is 0 Å². The normalized spacial score (nSPS) is 12.0.